The first-order valence-corrected chi connectivity index (χ1v) is 11.4. The summed E-state index contributed by atoms with van der Waals surface area (Å²) >= 11 is 0. The number of carbonyl (C=O) groups is 2. The van der Waals surface area contributed by atoms with Gasteiger partial charge in [0.15, 0.2) is 5.65 Å². The van der Waals surface area contributed by atoms with Crippen molar-refractivity contribution in [3.05, 3.63) is 33.4 Å². The largest absolute Gasteiger partial charge is 0.342 e. The summed E-state index contributed by atoms with van der Waals surface area (Å²) in [4.78, 5) is 47.0. The highest BCUT2D eigenvalue weighted by Gasteiger charge is 2.36. The second kappa shape index (κ2) is 7.21. The van der Waals surface area contributed by atoms with Crippen molar-refractivity contribution in [1.82, 2.24) is 24.4 Å². The van der Waals surface area contributed by atoms with Crippen molar-refractivity contribution in [3.63, 3.8) is 0 Å². The number of likely N-dealkylation sites (tertiary alicyclic amines) is 1. The number of aromatic amines is 1. The molecule has 1 saturated carbocycles. The van der Waals surface area contributed by atoms with Gasteiger partial charge in [0.25, 0.3) is 5.56 Å². The Bertz CT molecular complexity index is 1100. The number of piperidine rings is 1. The molecule has 31 heavy (non-hydrogen) atoms. The molecule has 3 aliphatic rings. The van der Waals surface area contributed by atoms with E-state index >= 15 is 0 Å². The van der Waals surface area contributed by atoms with E-state index in [9.17, 15) is 14.4 Å². The summed E-state index contributed by atoms with van der Waals surface area (Å²) in [6, 6.07) is 1.96. The second-order valence-corrected chi connectivity index (χ2v) is 10.4. The number of carbonyl (C=O) groups excluding carboxylic acids is 2. The van der Waals surface area contributed by atoms with Crippen molar-refractivity contribution >= 4 is 17.5 Å². The number of rotatable bonds is 2. The first-order chi connectivity index (χ1) is 14.7. The van der Waals surface area contributed by atoms with E-state index in [-0.39, 0.29) is 29.2 Å². The third kappa shape index (κ3) is 3.66. The summed E-state index contributed by atoms with van der Waals surface area (Å²) in [5.41, 5.74) is 2.49. The number of aromatic nitrogens is 3. The van der Waals surface area contributed by atoms with Crippen LogP contribution in [0.25, 0.3) is 5.65 Å². The van der Waals surface area contributed by atoms with Crippen LogP contribution in [0.2, 0.25) is 0 Å². The Balaban J connectivity index is 1.42. The Morgan fingerprint density at radius 3 is 2.61 bits per heavy atom. The van der Waals surface area contributed by atoms with E-state index in [0.717, 1.165) is 43.6 Å². The lowest BCUT2D eigenvalue weighted by Crippen LogP contribution is -2.44. The molecule has 2 amide bonds. The summed E-state index contributed by atoms with van der Waals surface area (Å²) in [6.45, 7) is 8.28. The number of H-pyrrole nitrogens is 1. The highest BCUT2D eigenvalue weighted by molar-refractivity contribution is 5.82. The van der Waals surface area contributed by atoms with Crippen LogP contribution in [0.15, 0.2) is 10.9 Å². The van der Waals surface area contributed by atoms with Gasteiger partial charge in [-0.2, -0.15) is 0 Å². The van der Waals surface area contributed by atoms with Crippen LogP contribution in [0.1, 0.15) is 69.3 Å². The van der Waals surface area contributed by atoms with E-state index in [4.69, 9.17) is 4.98 Å². The Hall–Kier alpha value is -2.64. The molecule has 0 radical (unpaired) electrons. The maximum atomic E-state index is 13.2. The minimum Gasteiger partial charge on any atom is -0.342 e. The van der Waals surface area contributed by atoms with E-state index in [2.05, 4.69) is 5.10 Å². The standard InChI is InChI=1S/C23H31N5O3/c1-23(2,3)22(31)27-9-4-5-15(12-27)18-11-19-24-17-8-10-26(20(29)14-6-7-14)13-16(17)21(30)28(19)25-18/h11,14-15,25H,4-10,12-13H2,1-3H3/t15-/m1/s1. The molecule has 5 rings (SSSR count). The molecule has 166 valence electrons. The predicted molar refractivity (Wildman–Crippen MR) is 116 cm³/mol. The van der Waals surface area contributed by atoms with E-state index in [1.807, 2.05) is 36.6 Å². The SMILES string of the molecule is CC(C)(C)C(=O)N1CCC[C@@H](c2cc3nc4c(c(=O)n3[nH]2)CN(C(=O)C2CC2)CC4)C1. The van der Waals surface area contributed by atoms with Crippen molar-refractivity contribution in [2.24, 2.45) is 11.3 Å². The zero-order valence-electron chi connectivity index (χ0n) is 18.6. The Morgan fingerprint density at radius 2 is 1.90 bits per heavy atom. The molecule has 4 heterocycles. The molecular weight excluding hydrogens is 394 g/mol. The van der Waals surface area contributed by atoms with Crippen molar-refractivity contribution in [2.45, 2.75) is 65.3 Å². The number of hydrogen-bond acceptors (Lipinski definition) is 4. The molecule has 8 heteroatoms. The van der Waals surface area contributed by atoms with Crippen LogP contribution < -0.4 is 5.56 Å². The molecule has 1 N–H and O–H groups in total. The highest BCUT2D eigenvalue weighted by atomic mass is 16.2. The van der Waals surface area contributed by atoms with Crippen LogP contribution >= 0.6 is 0 Å². The Kier molecular flexibility index (Phi) is 4.71. The van der Waals surface area contributed by atoms with Gasteiger partial charge in [0.2, 0.25) is 11.8 Å². The molecule has 2 aromatic heterocycles. The van der Waals surface area contributed by atoms with Crippen molar-refractivity contribution < 1.29 is 9.59 Å². The molecule has 0 bridgehead atoms. The van der Waals surface area contributed by atoms with Gasteiger partial charge in [-0.25, -0.2) is 9.50 Å². The Morgan fingerprint density at radius 1 is 1.13 bits per heavy atom. The van der Waals surface area contributed by atoms with Gasteiger partial charge >= 0.3 is 0 Å². The van der Waals surface area contributed by atoms with Gasteiger partial charge in [-0.15, -0.1) is 0 Å². The van der Waals surface area contributed by atoms with Gasteiger partial charge in [-0.1, -0.05) is 20.8 Å². The molecule has 0 aromatic carbocycles. The minimum absolute atomic E-state index is 0.113. The molecule has 8 nitrogen and oxygen atoms in total. The van der Waals surface area contributed by atoms with Crippen molar-refractivity contribution in [1.29, 1.82) is 0 Å². The van der Waals surface area contributed by atoms with Crippen LogP contribution in [-0.4, -0.2) is 55.8 Å². The number of nitrogens with one attached hydrogen (secondary N) is 1. The maximum Gasteiger partial charge on any atom is 0.277 e. The van der Waals surface area contributed by atoms with Crippen molar-refractivity contribution in [3.8, 4) is 0 Å². The highest BCUT2D eigenvalue weighted by Crippen LogP contribution is 2.33. The molecule has 2 aromatic rings. The summed E-state index contributed by atoms with van der Waals surface area (Å²) < 4.78 is 1.52. The maximum absolute atomic E-state index is 13.2. The number of nitrogens with zero attached hydrogens (tertiary/aromatic N) is 4. The first-order valence-electron chi connectivity index (χ1n) is 11.4. The molecule has 2 aliphatic heterocycles. The average molecular weight is 426 g/mol. The quantitative estimate of drug-likeness (QED) is 0.798. The number of amides is 2. The lowest BCUT2D eigenvalue weighted by molar-refractivity contribution is -0.140. The van der Waals surface area contributed by atoms with Gasteiger partial charge < -0.3 is 9.80 Å². The number of hydrogen-bond donors (Lipinski definition) is 1. The second-order valence-electron chi connectivity index (χ2n) is 10.4. The summed E-state index contributed by atoms with van der Waals surface area (Å²) in [7, 11) is 0. The molecule has 0 spiro atoms. The zero-order valence-corrected chi connectivity index (χ0v) is 18.6. The fraction of sp³-hybridized carbons (Fsp3) is 0.652. The van der Waals surface area contributed by atoms with Crippen LogP contribution in [0.3, 0.4) is 0 Å². The summed E-state index contributed by atoms with van der Waals surface area (Å²) in [6.07, 6.45) is 4.47. The first kappa shape index (κ1) is 20.3. The van der Waals surface area contributed by atoms with Crippen LogP contribution in [0.5, 0.6) is 0 Å². The minimum atomic E-state index is -0.399. The predicted octanol–water partition coefficient (Wildman–Crippen LogP) is 2.07. The van der Waals surface area contributed by atoms with Crippen LogP contribution in [0.4, 0.5) is 0 Å². The van der Waals surface area contributed by atoms with Crippen LogP contribution in [0, 0.1) is 11.3 Å². The van der Waals surface area contributed by atoms with Gasteiger partial charge in [0.05, 0.1) is 17.8 Å². The zero-order chi connectivity index (χ0) is 21.9. The van der Waals surface area contributed by atoms with Gasteiger partial charge in [0.1, 0.15) is 0 Å². The molecule has 1 aliphatic carbocycles. The van der Waals surface area contributed by atoms with Crippen LogP contribution in [-0.2, 0) is 22.6 Å². The van der Waals surface area contributed by atoms with E-state index < -0.39 is 5.41 Å². The molecule has 1 saturated heterocycles. The topological polar surface area (TPSA) is 90.8 Å². The van der Waals surface area contributed by atoms with Crippen molar-refractivity contribution in [2.75, 3.05) is 19.6 Å². The summed E-state index contributed by atoms with van der Waals surface area (Å²) in [5.74, 6) is 0.655. The average Bonchev–Trinajstić information content (AvgIpc) is 3.51. The normalized spacial score (nSPS) is 22.0. The lowest BCUT2D eigenvalue weighted by atomic mass is 9.90. The molecule has 0 unspecified atom stereocenters. The smallest absolute Gasteiger partial charge is 0.277 e. The Labute approximate surface area is 181 Å². The molecule has 2 fully saturated rings. The third-order valence-electron chi connectivity index (χ3n) is 6.81. The fourth-order valence-corrected chi connectivity index (χ4v) is 4.88. The monoisotopic (exact) mass is 425 g/mol. The van der Waals surface area contributed by atoms with Gasteiger partial charge in [-0.3, -0.25) is 19.5 Å². The molecule has 1 atom stereocenters. The lowest BCUT2D eigenvalue weighted by Gasteiger charge is -2.36. The summed E-state index contributed by atoms with van der Waals surface area (Å²) in [5, 5.41) is 3.26. The number of fused-ring (bicyclic) bond motifs is 2. The van der Waals surface area contributed by atoms with E-state index in [1.54, 1.807) is 0 Å². The van der Waals surface area contributed by atoms with Gasteiger partial charge in [0, 0.05) is 55.1 Å². The van der Waals surface area contributed by atoms with E-state index in [1.165, 1.54) is 4.52 Å². The third-order valence-corrected chi connectivity index (χ3v) is 6.81. The van der Waals surface area contributed by atoms with E-state index in [0.29, 0.717) is 37.3 Å². The van der Waals surface area contributed by atoms with Gasteiger partial charge in [-0.05, 0) is 25.7 Å². The molecular formula is C23H31N5O3. The fourth-order valence-electron chi connectivity index (χ4n) is 4.88.